The second-order valence-electron chi connectivity index (χ2n) is 7.70. The SMILES string of the molecule is O=C(c1cccs1)N1CCCC(C(=O)N2CCN(c3nc4cccnc4s3)CC2)C1. The summed E-state index contributed by atoms with van der Waals surface area (Å²) in [5, 5.41) is 2.89. The highest BCUT2D eigenvalue weighted by Crippen LogP contribution is 2.28. The molecule has 156 valence electrons. The number of likely N-dealkylation sites (tertiary alicyclic amines) is 1. The number of hydrogen-bond donors (Lipinski definition) is 0. The zero-order chi connectivity index (χ0) is 20.5. The van der Waals surface area contributed by atoms with Gasteiger partial charge in [-0.3, -0.25) is 9.59 Å². The van der Waals surface area contributed by atoms with Crippen LogP contribution in [-0.4, -0.2) is 70.9 Å². The molecular formula is C21H23N5O2S2. The molecule has 5 heterocycles. The number of piperidine rings is 1. The molecule has 30 heavy (non-hydrogen) atoms. The molecule has 2 amide bonds. The van der Waals surface area contributed by atoms with Crippen LogP contribution in [0.4, 0.5) is 5.13 Å². The molecule has 5 rings (SSSR count). The molecule has 0 radical (unpaired) electrons. The van der Waals surface area contributed by atoms with E-state index in [1.165, 1.54) is 11.3 Å². The van der Waals surface area contributed by atoms with Crippen LogP contribution in [0.2, 0.25) is 0 Å². The van der Waals surface area contributed by atoms with Crippen LogP contribution in [0.5, 0.6) is 0 Å². The van der Waals surface area contributed by atoms with Gasteiger partial charge in [-0.25, -0.2) is 9.97 Å². The largest absolute Gasteiger partial charge is 0.344 e. The van der Waals surface area contributed by atoms with Crippen LogP contribution < -0.4 is 4.90 Å². The number of carbonyl (C=O) groups is 2. The maximum Gasteiger partial charge on any atom is 0.263 e. The van der Waals surface area contributed by atoms with Crippen molar-refractivity contribution in [3.8, 4) is 0 Å². The van der Waals surface area contributed by atoms with Crippen LogP contribution in [0.3, 0.4) is 0 Å². The average molecular weight is 442 g/mol. The van der Waals surface area contributed by atoms with E-state index >= 15 is 0 Å². The van der Waals surface area contributed by atoms with Crippen LogP contribution in [0.25, 0.3) is 10.3 Å². The smallest absolute Gasteiger partial charge is 0.263 e. The van der Waals surface area contributed by atoms with Gasteiger partial charge in [-0.15, -0.1) is 11.3 Å². The number of thiophene rings is 1. The molecule has 2 aliphatic heterocycles. The Morgan fingerprint density at radius 2 is 1.90 bits per heavy atom. The fraction of sp³-hybridized carbons (Fsp3) is 0.429. The van der Waals surface area contributed by atoms with Crippen molar-refractivity contribution < 1.29 is 9.59 Å². The van der Waals surface area contributed by atoms with Crippen LogP contribution in [0.1, 0.15) is 22.5 Å². The minimum Gasteiger partial charge on any atom is -0.344 e. The molecule has 0 bridgehead atoms. The van der Waals surface area contributed by atoms with E-state index in [2.05, 4.69) is 14.9 Å². The highest BCUT2D eigenvalue weighted by Gasteiger charge is 2.33. The molecule has 9 heteroatoms. The molecule has 0 saturated carbocycles. The fourth-order valence-corrected chi connectivity index (χ4v) is 5.84. The van der Waals surface area contributed by atoms with Crippen molar-refractivity contribution in [3.05, 3.63) is 40.7 Å². The first kappa shape index (κ1) is 19.4. The third-order valence-electron chi connectivity index (χ3n) is 5.81. The number of hydrogen-bond acceptors (Lipinski definition) is 7. The zero-order valence-corrected chi connectivity index (χ0v) is 18.2. The monoisotopic (exact) mass is 441 g/mol. The Kier molecular flexibility index (Phi) is 5.39. The van der Waals surface area contributed by atoms with E-state index in [9.17, 15) is 9.59 Å². The second kappa shape index (κ2) is 8.31. The van der Waals surface area contributed by atoms with Gasteiger partial charge in [-0.1, -0.05) is 17.4 Å². The lowest BCUT2D eigenvalue weighted by molar-refractivity contribution is -0.137. The van der Waals surface area contributed by atoms with Crippen molar-refractivity contribution in [3.63, 3.8) is 0 Å². The molecule has 7 nitrogen and oxygen atoms in total. The van der Waals surface area contributed by atoms with Gasteiger partial charge < -0.3 is 14.7 Å². The van der Waals surface area contributed by atoms with Gasteiger partial charge >= 0.3 is 0 Å². The van der Waals surface area contributed by atoms with Gasteiger partial charge in [0.2, 0.25) is 5.91 Å². The molecule has 0 aromatic carbocycles. The molecule has 3 aromatic heterocycles. The summed E-state index contributed by atoms with van der Waals surface area (Å²) >= 11 is 3.06. The number of rotatable bonds is 3. The maximum absolute atomic E-state index is 13.1. The molecule has 0 N–H and O–H groups in total. The normalized spacial score (nSPS) is 20.0. The van der Waals surface area contributed by atoms with Gasteiger partial charge in [0.15, 0.2) is 5.13 Å². The Morgan fingerprint density at radius 1 is 1.03 bits per heavy atom. The summed E-state index contributed by atoms with van der Waals surface area (Å²) in [5.74, 6) is 0.141. The third-order valence-corrected chi connectivity index (χ3v) is 7.70. The van der Waals surface area contributed by atoms with Crippen LogP contribution >= 0.6 is 22.7 Å². The van der Waals surface area contributed by atoms with Crippen LogP contribution in [0.15, 0.2) is 35.8 Å². The standard InChI is InChI=1S/C21H23N5O2S2/c27-19(15-4-2-8-26(14-15)20(28)17-6-3-13-29-17)24-9-11-25(12-10-24)21-23-16-5-1-7-22-18(16)30-21/h1,3,5-7,13,15H,2,4,8-12,14H2. The lowest BCUT2D eigenvalue weighted by atomic mass is 9.96. The van der Waals surface area contributed by atoms with Crippen molar-refractivity contribution in [2.45, 2.75) is 12.8 Å². The molecule has 2 fully saturated rings. The molecule has 3 aromatic rings. The number of amides is 2. The summed E-state index contributed by atoms with van der Waals surface area (Å²) in [6, 6.07) is 7.63. The molecule has 2 aliphatic rings. The number of carbonyl (C=O) groups excluding carboxylic acids is 2. The molecular weight excluding hydrogens is 418 g/mol. The predicted octanol–water partition coefficient (Wildman–Crippen LogP) is 2.95. The Labute approximate surface area is 182 Å². The Morgan fingerprint density at radius 3 is 2.67 bits per heavy atom. The number of pyridine rings is 1. The highest BCUT2D eigenvalue weighted by molar-refractivity contribution is 7.21. The number of nitrogens with zero attached hydrogens (tertiary/aromatic N) is 5. The summed E-state index contributed by atoms with van der Waals surface area (Å²) in [6.07, 6.45) is 3.53. The minimum absolute atomic E-state index is 0.0526. The van der Waals surface area contributed by atoms with Gasteiger partial charge in [0.25, 0.3) is 5.91 Å². The summed E-state index contributed by atoms with van der Waals surface area (Å²) in [5.41, 5.74) is 0.925. The van der Waals surface area contributed by atoms with E-state index in [1.54, 1.807) is 17.5 Å². The molecule has 1 unspecified atom stereocenters. The maximum atomic E-state index is 13.1. The lowest BCUT2D eigenvalue weighted by Gasteiger charge is -2.38. The summed E-state index contributed by atoms with van der Waals surface area (Å²) < 4.78 is 0. The minimum atomic E-state index is -0.0964. The van der Waals surface area contributed by atoms with E-state index < -0.39 is 0 Å². The number of piperazine rings is 1. The van der Waals surface area contributed by atoms with E-state index in [0.29, 0.717) is 19.6 Å². The zero-order valence-electron chi connectivity index (χ0n) is 16.6. The lowest BCUT2D eigenvalue weighted by Crippen LogP contribution is -2.53. The first-order valence-corrected chi connectivity index (χ1v) is 12.0. The third kappa shape index (κ3) is 3.79. The van der Waals surface area contributed by atoms with Gasteiger partial charge in [0, 0.05) is 45.5 Å². The number of anilines is 1. The van der Waals surface area contributed by atoms with Gasteiger partial charge in [-0.05, 0) is 36.4 Å². The quantitative estimate of drug-likeness (QED) is 0.625. The van der Waals surface area contributed by atoms with Crippen molar-refractivity contribution in [2.75, 3.05) is 44.2 Å². The van der Waals surface area contributed by atoms with Crippen LogP contribution in [-0.2, 0) is 4.79 Å². The summed E-state index contributed by atoms with van der Waals surface area (Å²) in [6.45, 7) is 4.20. The van der Waals surface area contributed by atoms with E-state index in [4.69, 9.17) is 0 Å². The van der Waals surface area contributed by atoms with Crippen molar-refractivity contribution in [2.24, 2.45) is 5.92 Å². The number of fused-ring (bicyclic) bond motifs is 1. The summed E-state index contributed by atoms with van der Waals surface area (Å²) in [7, 11) is 0. The summed E-state index contributed by atoms with van der Waals surface area (Å²) in [4.78, 5) is 42.6. The topological polar surface area (TPSA) is 69.6 Å². The fourth-order valence-electron chi connectivity index (χ4n) is 4.19. The molecule has 0 spiro atoms. The Bertz CT molecular complexity index is 1010. The first-order valence-electron chi connectivity index (χ1n) is 10.3. The van der Waals surface area contributed by atoms with Gasteiger partial charge in [-0.2, -0.15) is 0 Å². The van der Waals surface area contributed by atoms with Crippen molar-refractivity contribution >= 4 is 50.0 Å². The van der Waals surface area contributed by atoms with Crippen molar-refractivity contribution in [1.82, 2.24) is 19.8 Å². The predicted molar refractivity (Wildman–Crippen MR) is 119 cm³/mol. The van der Waals surface area contributed by atoms with E-state index in [1.807, 2.05) is 39.4 Å². The van der Waals surface area contributed by atoms with Crippen LogP contribution in [0, 0.1) is 5.92 Å². The molecule has 2 saturated heterocycles. The van der Waals surface area contributed by atoms with E-state index in [-0.39, 0.29) is 17.7 Å². The molecule has 0 aliphatic carbocycles. The Balaban J connectivity index is 1.19. The Hall–Kier alpha value is -2.52. The van der Waals surface area contributed by atoms with E-state index in [0.717, 1.165) is 52.8 Å². The van der Waals surface area contributed by atoms with Gasteiger partial charge in [0.05, 0.1) is 10.8 Å². The first-order chi connectivity index (χ1) is 14.7. The average Bonchev–Trinajstić information content (AvgIpc) is 3.48. The second-order valence-corrected chi connectivity index (χ2v) is 9.61. The number of thiazole rings is 1. The highest BCUT2D eigenvalue weighted by atomic mass is 32.1. The van der Waals surface area contributed by atoms with Crippen molar-refractivity contribution in [1.29, 1.82) is 0 Å². The molecule has 1 atom stereocenters. The van der Waals surface area contributed by atoms with Gasteiger partial charge in [0.1, 0.15) is 10.3 Å². The number of aromatic nitrogens is 2.